The van der Waals surface area contributed by atoms with Crippen LogP contribution in [0, 0.1) is 0 Å². The molecule has 1 fully saturated rings. The van der Waals surface area contributed by atoms with Crippen molar-refractivity contribution in [2.75, 3.05) is 27.3 Å². The molecule has 0 atom stereocenters. The van der Waals surface area contributed by atoms with Crippen molar-refractivity contribution in [1.82, 2.24) is 4.90 Å². The minimum absolute atomic E-state index is 0.296. The molecule has 0 saturated carbocycles. The van der Waals surface area contributed by atoms with E-state index in [9.17, 15) is 4.79 Å². The van der Waals surface area contributed by atoms with E-state index < -0.39 is 0 Å². The lowest BCUT2D eigenvalue weighted by atomic mass is 10.0. The van der Waals surface area contributed by atoms with Gasteiger partial charge in [0.2, 0.25) is 0 Å². The third-order valence-corrected chi connectivity index (χ3v) is 3.91. The second kappa shape index (κ2) is 5.82. The molecule has 1 saturated heterocycles. The van der Waals surface area contributed by atoms with Crippen LogP contribution in [0.5, 0.6) is 0 Å². The van der Waals surface area contributed by atoms with Crippen LogP contribution in [0.2, 0.25) is 0 Å². The maximum absolute atomic E-state index is 11.7. The maximum atomic E-state index is 11.7. The summed E-state index contributed by atoms with van der Waals surface area (Å²) in [6.45, 7) is 2.53. The Bertz CT molecular complexity index is 444. The molecular formula is C13H16BrNO3. The second-order valence-electron chi connectivity index (χ2n) is 4.31. The summed E-state index contributed by atoms with van der Waals surface area (Å²) in [5.74, 6) is -0.296. The van der Waals surface area contributed by atoms with Crippen molar-refractivity contribution < 1.29 is 14.3 Å². The van der Waals surface area contributed by atoms with Crippen molar-refractivity contribution in [3.63, 3.8) is 0 Å². The lowest BCUT2D eigenvalue weighted by Gasteiger charge is -2.38. The highest BCUT2D eigenvalue weighted by atomic mass is 79.9. The monoisotopic (exact) mass is 313 g/mol. The molecule has 1 aromatic carbocycles. The van der Waals surface area contributed by atoms with Gasteiger partial charge in [-0.15, -0.1) is 0 Å². The molecule has 1 aliphatic heterocycles. The van der Waals surface area contributed by atoms with Crippen LogP contribution in [0.3, 0.4) is 0 Å². The van der Waals surface area contributed by atoms with Gasteiger partial charge in [-0.3, -0.25) is 4.90 Å². The normalized spacial score (nSPS) is 16.4. The first kappa shape index (κ1) is 13.5. The Kier molecular flexibility index (Phi) is 4.37. The zero-order valence-corrected chi connectivity index (χ0v) is 12.1. The number of halogens is 1. The van der Waals surface area contributed by atoms with Crippen molar-refractivity contribution in [1.29, 1.82) is 0 Å². The second-order valence-corrected chi connectivity index (χ2v) is 5.16. The molecule has 0 unspecified atom stereocenters. The first-order chi connectivity index (χ1) is 8.65. The molecule has 0 amide bonds. The number of ether oxygens (including phenoxy) is 2. The number of methoxy groups -OCH3 is 2. The van der Waals surface area contributed by atoms with Crippen molar-refractivity contribution in [3.05, 3.63) is 33.8 Å². The molecule has 0 aromatic heterocycles. The lowest BCUT2D eigenvalue weighted by molar-refractivity contribution is -0.0336. The molecule has 0 radical (unpaired) electrons. The lowest BCUT2D eigenvalue weighted by Crippen LogP contribution is -2.51. The van der Waals surface area contributed by atoms with E-state index in [0.29, 0.717) is 11.7 Å². The van der Waals surface area contributed by atoms with Gasteiger partial charge in [-0.05, 0) is 17.7 Å². The molecule has 0 N–H and O–H groups in total. The van der Waals surface area contributed by atoms with Gasteiger partial charge in [0.05, 0.1) is 18.8 Å². The molecule has 1 heterocycles. The fourth-order valence-corrected chi connectivity index (χ4v) is 2.54. The molecule has 0 spiro atoms. The van der Waals surface area contributed by atoms with Gasteiger partial charge in [0.1, 0.15) is 0 Å². The number of esters is 1. The van der Waals surface area contributed by atoms with Gasteiger partial charge in [0.25, 0.3) is 0 Å². The molecule has 4 nitrogen and oxygen atoms in total. The summed E-state index contributed by atoms with van der Waals surface area (Å²) >= 11 is 3.49. The number of carbonyl (C=O) groups is 1. The van der Waals surface area contributed by atoms with Gasteiger partial charge in [-0.1, -0.05) is 22.0 Å². The van der Waals surface area contributed by atoms with Gasteiger partial charge < -0.3 is 9.47 Å². The van der Waals surface area contributed by atoms with Crippen LogP contribution in [0.4, 0.5) is 0 Å². The third kappa shape index (κ3) is 2.74. The van der Waals surface area contributed by atoms with Crippen LogP contribution in [0.25, 0.3) is 0 Å². The smallest absolute Gasteiger partial charge is 0.338 e. The van der Waals surface area contributed by atoms with E-state index in [1.807, 2.05) is 12.1 Å². The molecule has 0 bridgehead atoms. The summed E-state index contributed by atoms with van der Waals surface area (Å²) in [6, 6.07) is 5.57. The highest BCUT2D eigenvalue weighted by Gasteiger charge is 2.28. The fourth-order valence-electron chi connectivity index (χ4n) is 2.04. The first-order valence-corrected chi connectivity index (χ1v) is 6.56. The molecule has 18 heavy (non-hydrogen) atoms. The van der Waals surface area contributed by atoms with E-state index in [-0.39, 0.29) is 5.97 Å². The van der Waals surface area contributed by atoms with Gasteiger partial charge in [-0.2, -0.15) is 0 Å². The zero-order chi connectivity index (χ0) is 13.1. The van der Waals surface area contributed by atoms with Crippen molar-refractivity contribution in [2.24, 2.45) is 0 Å². The van der Waals surface area contributed by atoms with Crippen LogP contribution >= 0.6 is 15.9 Å². The topological polar surface area (TPSA) is 38.8 Å². The largest absolute Gasteiger partial charge is 0.465 e. The molecular weight excluding hydrogens is 298 g/mol. The molecule has 1 aliphatic rings. The van der Waals surface area contributed by atoms with Crippen molar-refractivity contribution in [3.8, 4) is 0 Å². The summed E-state index contributed by atoms with van der Waals surface area (Å²) in [5.41, 5.74) is 1.59. The van der Waals surface area contributed by atoms with E-state index in [4.69, 9.17) is 9.47 Å². The van der Waals surface area contributed by atoms with Gasteiger partial charge >= 0.3 is 5.97 Å². The predicted molar refractivity (Wildman–Crippen MR) is 71.6 cm³/mol. The Morgan fingerprint density at radius 1 is 1.44 bits per heavy atom. The van der Waals surface area contributed by atoms with Crippen LogP contribution in [-0.4, -0.2) is 44.3 Å². The Balaban J connectivity index is 2.14. The van der Waals surface area contributed by atoms with Gasteiger partial charge in [0, 0.05) is 31.2 Å². The van der Waals surface area contributed by atoms with Crippen LogP contribution in [-0.2, 0) is 16.0 Å². The first-order valence-electron chi connectivity index (χ1n) is 5.76. The minimum Gasteiger partial charge on any atom is -0.465 e. The number of likely N-dealkylation sites (tertiary alicyclic amines) is 1. The number of nitrogens with zero attached hydrogens (tertiary/aromatic N) is 1. The Hall–Kier alpha value is -0.910. The quantitative estimate of drug-likeness (QED) is 0.798. The molecule has 5 heteroatoms. The minimum atomic E-state index is -0.296. The maximum Gasteiger partial charge on any atom is 0.338 e. The number of benzene rings is 1. The van der Waals surface area contributed by atoms with Crippen LogP contribution in [0.1, 0.15) is 15.9 Å². The van der Waals surface area contributed by atoms with Crippen LogP contribution in [0.15, 0.2) is 22.7 Å². The molecule has 98 valence electrons. The summed E-state index contributed by atoms with van der Waals surface area (Å²) in [4.78, 5) is 13.9. The number of hydrogen-bond acceptors (Lipinski definition) is 4. The fraction of sp³-hybridized carbons (Fsp3) is 0.462. The standard InChI is InChI=1S/C13H16BrNO3/c1-17-9-6-15(7-9)8-11-10(13(16)18-2)4-3-5-12(11)14/h3-5,9H,6-8H2,1-2H3. The van der Waals surface area contributed by atoms with E-state index in [0.717, 1.165) is 29.7 Å². The molecule has 1 aromatic rings. The van der Waals surface area contributed by atoms with Crippen molar-refractivity contribution in [2.45, 2.75) is 12.6 Å². The predicted octanol–water partition coefficient (Wildman–Crippen LogP) is 2.07. The number of carbonyl (C=O) groups excluding carboxylic acids is 1. The van der Waals surface area contributed by atoms with E-state index in [1.165, 1.54) is 7.11 Å². The summed E-state index contributed by atoms with van der Waals surface area (Å²) in [6.07, 6.45) is 0.314. The van der Waals surface area contributed by atoms with Gasteiger partial charge in [0.15, 0.2) is 0 Å². The summed E-state index contributed by atoms with van der Waals surface area (Å²) < 4.78 is 11.0. The third-order valence-electron chi connectivity index (χ3n) is 3.16. The van der Waals surface area contributed by atoms with E-state index >= 15 is 0 Å². The zero-order valence-electron chi connectivity index (χ0n) is 10.5. The molecule has 0 aliphatic carbocycles. The Morgan fingerprint density at radius 3 is 2.78 bits per heavy atom. The highest BCUT2D eigenvalue weighted by molar-refractivity contribution is 9.10. The van der Waals surface area contributed by atoms with Crippen molar-refractivity contribution >= 4 is 21.9 Å². The SMILES string of the molecule is COC(=O)c1cccc(Br)c1CN1CC(OC)C1. The summed E-state index contributed by atoms with van der Waals surface area (Å²) in [7, 11) is 3.12. The number of rotatable bonds is 4. The number of hydrogen-bond donors (Lipinski definition) is 0. The Labute approximate surface area is 115 Å². The summed E-state index contributed by atoms with van der Waals surface area (Å²) in [5, 5.41) is 0. The highest BCUT2D eigenvalue weighted by Crippen LogP contribution is 2.25. The van der Waals surface area contributed by atoms with E-state index in [2.05, 4.69) is 20.8 Å². The van der Waals surface area contributed by atoms with Crippen LogP contribution < -0.4 is 0 Å². The van der Waals surface area contributed by atoms with Gasteiger partial charge in [-0.25, -0.2) is 4.79 Å². The average molecular weight is 314 g/mol. The molecule has 2 rings (SSSR count). The Morgan fingerprint density at radius 2 is 2.17 bits per heavy atom. The average Bonchev–Trinajstić information content (AvgIpc) is 2.33. The van der Waals surface area contributed by atoms with E-state index in [1.54, 1.807) is 13.2 Å².